The number of carbonyl (C=O) groups is 2. The van der Waals surface area contributed by atoms with Crippen LogP contribution in [0.3, 0.4) is 0 Å². The van der Waals surface area contributed by atoms with Gasteiger partial charge in [-0.25, -0.2) is 9.79 Å². The number of ether oxygens (including phenoxy) is 1. The van der Waals surface area contributed by atoms with E-state index in [2.05, 4.69) is 10.3 Å². The minimum absolute atomic E-state index is 0.0587. The number of fused-ring (bicyclic) bond motifs is 1. The van der Waals surface area contributed by atoms with Gasteiger partial charge in [-0.3, -0.25) is 4.79 Å². The zero-order valence-electron chi connectivity index (χ0n) is 16.8. The minimum atomic E-state index is -0.409. The van der Waals surface area contributed by atoms with Crippen LogP contribution in [-0.4, -0.2) is 35.1 Å². The van der Waals surface area contributed by atoms with Gasteiger partial charge in [0.2, 0.25) is 5.91 Å². The molecule has 6 nitrogen and oxygen atoms in total. The number of nitrogens with one attached hydrogen (secondary N) is 1. The molecule has 1 aromatic rings. The molecule has 0 aliphatic carbocycles. The van der Waals surface area contributed by atoms with Crippen molar-refractivity contribution in [3.8, 4) is 0 Å². The van der Waals surface area contributed by atoms with Crippen molar-refractivity contribution >= 4 is 28.8 Å². The molecule has 0 spiro atoms. The van der Waals surface area contributed by atoms with Gasteiger partial charge in [0.15, 0.2) is 5.17 Å². The number of benzene rings is 1. The number of amidine groups is 1. The van der Waals surface area contributed by atoms with Gasteiger partial charge in [0.25, 0.3) is 0 Å². The maximum absolute atomic E-state index is 12.6. The van der Waals surface area contributed by atoms with Gasteiger partial charge in [-0.15, -0.1) is 0 Å². The minimum Gasteiger partial charge on any atom is -0.466 e. The van der Waals surface area contributed by atoms with Crippen molar-refractivity contribution in [2.24, 2.45) is 4.99 Å². The van der Waals surface area contributed by atoms with Crippen LogP contribution >= 0.6 is 11.8 Å². The molecular weight excluding hydrogens is 374 g/mol. The Morgan fingerprint density at radius 3 is 2.54 bits per heavy atom. The second-order valence-electron chi connectivity index (χ2n) is 7.19. The van der Waals surface area contributed by atoms with Crippen molar-refractivity contribution in [1.82, 2.24) is 10.2 Å². The number of hydrogen-bond donors (Lipinski definition) is 1. The van der Waals surface area contributed by atoms with Crippen molar-refractivity contribution in [1.29, 1.82) is 0 Å². The van der Waals surface area contributed by atoms with Gasteiger partial charge >= 0.3 is 5.97 Å². The van der Waals surface area contributed by atoms with E-state index in [0.29, 0.717) is 11.3 Å². The van der Waals surface area contributed by atoms with E-state index < -0.39 is 5.97 Å². The van der Waals surface area contributed by atoms with Gasteiger partial charge < -0.3 is 15.0 Å². The van der Waals surface area contributed by atoms with E-state index in [1.165, 1.54) is 18.9 Å². The summed E-state index contributed by atoms with van der Waals surface area (Å²) < 4.78 is 5.05. The molecular formula is C21H25N3O3S. The molecule has 1 amide bonds. The Labute approximate surface area is 169 Å². The molecule has 1 aromatic carbocycles. The number of esters is 1. The zero-order valence-corrected chi connectivity index (χ0v) is 17.6. The lowest BCUT2D eigenvalue weighted by Crippen LogP contribution is -2.38. The first-order valence-corrected chi connectivity index (χ1v) is 10.1. The van der Waals surface area contributed by atoms with Crippen LogP contribution in [0, 0.1) is 6.92 Å². The third-order valence-electron chi connectivity index (χ3n) is 4.59. The van der Waals surface area contributed by atoms with Crippen LogP contribution in [0.25, 0.3) is 0 Å². The lowest BCUT2D eigenvalue weighted by atomic mass is 9.93. The maximum Gasteiger partial charge on any atom is 0.338 e. The second-order valence-corrected chi connectivity index (χ2v) is 8.03. The number of methoxy groups -OCH3 is 1. The molecule has 0 bridgehead atoms. The average molecular weight is 400 g/mol. The Morgan fingerprint density at radius 2 is 1.93 bits per heavy atom. The largest absolute Gasteiger partial charge is 0.466 e. The molecule has 0 saturated heterocycles. The SMILES string of the molecule is COC(=O)C1=C(C)N=C2SC=C(CC(=O)NC(C)C)N2C1c1ccc(C)cc1. The van der Waals surface area contributed by atoms with Crippen LogP contribution in [0.15, 0.2) is 51.6 Å². The summed E-state index contributed by atoms with van der Waals surface area (Å²) in [6.45, 7) is 7.70. The number of rotatable bonds is 5. The maximum atomic E-state index is 12.6. The first-order valence-electron chi connectivity index (χ1n) is 9.20. The van der Waals surface area contributed by atoms with Crippen LogP contribution < -0.4 is 5.32 Å². The van der Waals surface area contributed by atoms with E-state index in [1.807, 2.05) is 62.3 Å². The van der Waals surface area contributed by atoms with E-state index in [4.69, 9.17) is 4.74 Å². The number of amides is 1. The van der Waals surface area contributed by atoms with E-state index in [9.17, 15) is 9.59 Å². The first-order chi connectivity index (χ1) is 13.3. The Bertz CT molecular complexity index is 885. The van der Waals surface area contributed by atoms with Crippen molar-refractivity contribution in [2.75, 3.05) is 7.11 Å². The highest BCUT2D eigenvalue weighted by Crippen LogP contribution is 2.44. The fourth-order valence-electron chi connectivity index (χ4n) is 3.34. The highest BCUT2D eigenvalue weighted by Gasteiger charge is 2.40. The summed E-state index contributed by atoms with van der Waals surface area (Å²) in [5, 5.41) is 5.63. The van der Waals surface area contributed by atoms with E-state index >= 15 is 0 Å². The Morgan fingerprint density at radius 1 is 1.25 bits per heavy atom. The number of aryl methyl sites for hydroxylation is 1. The average Bonchev–Trinajstić information content (AvgIpc) is 3.02. The Kier molecular flexibility index (Phi) is 5.93. The summed E-state index contributed by atoms with van der Waals surface area (Å²) in [5.74, 6) is -0.467. The lowest BCUT2D eigenvalue weighted by molar-refractivity contribution is -0.136. The number of hydrogen-bond acceptors (Lipinski definition) is 6. The molecule has 28 heavy (non-hydrogen) atoms. The smallest absolute Gasteiger partial charge is 0.338 e. The molecule has 1 N–H and O–H groups in total. The van der Waals surface area contributed by atoms with Gasteiger partial charge in [-0.05, 0) is 38.7 Å². The van der Waals surface area contributed by atoms with Crippen molar-refractivity contribution < 1.29 is 14.3 Å². The predicted molar refractivity (Wildman–Crippen MR) is 111 cm³/mol. The third-order valence-corrected chi connectivity index (χ3v) is 5.48. The lowest BCUT2D eigenvalue weighted by Gasteiger charge is -2.36. The normalized spacial score (nSPS) is 18.6. The predicted octanol–water partition coefficient (Wildman–Crippen LogP) is 3.66. The number of nitrogens with zero attached hydrogens (tertiary/aromatic N) is 2. The Balaban J connectivity index is 2.03. The molecule has 0 saturated carbocycles. The summed E-state index contributed by atoms with van der Waals surface area (Å²) in [5.41, 5.74) is 4.04. The van der Waals surface area contributed by atoms with Gasteiger partial charge in [0, 0.05) is 11.7 Å². The number of carbonyl (C=O) groups excluding carboxylic acids is 2. The van der Waals surface area contributed by atoms with Crippen molar-refractivity contribution in [3.05, 3.63) is 57.8 Å². The molecule has 1 atom stereocenters. The summed E-state index contributed by atoms with van der Waals surface area (Å²) in [6.07, 6.45) is 0.222. The second kappa shape index (κ2) is 8.22. The van der Waals surface area contributed by atoms with Gasteiger partial charge in [0.05, 0.1) is 30.8 Å². The van der Waals surface area contributed by atoms with Crippen LogP contribution in [0.5, 0.6) is 0 Å². The standard InChI is InChI=1S/C21H25N3O3S/c1-12(2)22-17(25)10-16-11-28-21-23-14(4)18(20(26)27-5)19(24(16)21)15-8-6-13(3)7-9-15/h6-9,11-12,19H,10H2,1-5H3,(H,22,25). The molecule has 148 valence electrons. The fraction of sp³-hybridized carbons (Fsp3) is 0.381. The molecule has 7 heteroatoms. The monoisotopic (exact) mass is 399 g/mol. The van der Waals surface area contributed by atoms with Crippen LogP contribution in [-0.2, 0) is 14.3 Å². The third kappa shape index (κ3) is 3.99. The molecule has 1 unspecified atom stereocenters. The van der Waals surface area contributed by atoms with E-state index in [0.717, 1.165) is 22.0 Å². The van der Waals surface area contributed by atoms with Crippen molar-refractivity contribution in [2.45, 2.75) is 46.2 Å². The first kappa shape index (κ1) is 20.2. The summed E-state index contributed by atoms with van der Waals surface area (Å²) in [4.78, 5) is 31.6. The number of aliphatic imine (C=N–C) groups is 1. The van der Waals surface area contributed by atoms with E-state index in [-0.39, 0.29) is 24.4 Å². The quantitative estimate of drug-likeness (QED) is 0.765. The van der Waals surface area contributed by atoms with Crippen LogP contribution in [0.2, 0.25) is 0 Å². The molecule has 0 radical (unpaired) electrons. The topological polar surface area (TPSA) is 71.0 Å². The Hall–Kier alpha value is -2.54. The van der Waals surface area contributed by atoms with E-state index in [1.54, 1.807) is 0 Å². The molecule has 0 aromatic heterocycles. The molecule has 0 fully saturated rings. The highest BCUT2D eigenvalue weighted by atomic mass is 32.2. The number of allylic oxidation sites excluding steroid dienone is 1. The summed E-state index contributed by atoms with van der Waals surface area (Å²) >= 11 is 1.47. The van der Waals surface area contributed by atoms with Gasteiger partial charge in [-0.1, -0.05) is 41.6 Å². The highest BCUT2D eigenvalue weighted by molar-refractivity contribution is 8.16. The summed E-state index contributed by atoms with van der Waals surface area (Å²) in [6, 6.07) is 7.74. The molecule has 2 heterocycles. The van der Waals surface area contributed by atoms with Crippen molar-refractivity contribution in [3.63, 3.8) is 0 Å². The molecule has 3 rings (SSSR count). The summed E-state index contributed by atoms with van der Waals surface area (Å²) in [7, 11) is 1.37. The van der Waals surface area contributed by atoms with Crippen LogP contribution in [0.1, 0.15) is 44.4 Å². The fourth-order valence-corrected chi connectivity index (χ4v) is 4.31. The number of thioether (sulfide) groups is 1. The molecule has 2 aliphatic rings. The van der Waals surface area contributed by atoms with Gasteiger partial charge in [0.1, 0.15) is 0 Å². The van der Waals surface area contributed by atoms with Gasteiger partial charge in [-0.2, -0.15) is 0 Å². The zero-order chi connectivity index (χ0) is 20.4. The van der Waals surface area contributed by atoms with Crippen LogP contribution in [0.4, 0.5) is 0 Å². The molecule has 2 aliphatic heterocycles.